The maximum absolute atomic E-state index is 11.3. The quantitative estimate of drug-likeness (QED) is 0.668. The van der Waals surface area contributed by atoms with E-state index in [1.54, 1.807) is 18.7 Å². The van der Waals surface area contributed by atoms with Gasteiger partial charge < -0.3 is 4.90 Å². The monoisotopic (exact) mass is 184 g/mol. The fourth-order valence-electron chi connectivity index (χ4n) is 1.39. The van der Waals surface area contributed by atoms with Gasteiger partial charge in [0.25, 0.3) is 5.91 Å². The Bertz CT molecular complexity index is 236. The lowest BCUT2D eigenvalue weighted by Gasteiger charge is -2.27. The van der Waals surface area contributed by atoms with Crippen LogP contribution < -0.4 is 5.32 Å². The summed E-state index contributed by atoms with van der Waals surface area (Å²) in [5.74, 6) is -0.200. The second-order valence-electron chi connectivity index (χ2n) is 3.82. The smallest absolute Gasteiger partial charge is 0.310 e. The molecule has 1 fully saturated rings. The highest BCUT2D eigenvalue weighted by Gasteiger charge is 2.44. The number of imide groups is 1. The van der Waals surface area contributed by atoms with Crippen LogP contribution in [0, 0.1) is 0 Å². The van der Waals surface area contributed by atoms with Gasteiger partial charge in [-0.05, 0) is 20.3 Å². The number of nitrogens with zero attached hydrogens (tertiary/aromatic N) is 1. The number of amides is 3. The molecule has 0 bridgehead atoms. The third kappa shape index (κ3) is 1.66. The third-order valence-corrected chi connectivity index (χ3v) is 2.43. The molecule has 0 unspecified atom stereocenters. The summed E-state index contributed by atoms with van der Waals surface area (Å²) >= 11 is 0. The molecule has 4 nitrogen and oxygen atoms in total. The van der Waals surface area contributed by atoms with Crippen molar-refractivity contribution in [1.29, 1.82) is 0 Å². The van der Waals surface area contributed by atoms with E-state index in [9.17, 15) is 9.59 Å². The predicted octanol–water partition coefficient (Wildman–Crippen LogP) is 1.12. The summed E-state index contributed by atoms with van der Waals surface area (Å²) in [5, 5.41) is 2.31. The van der Waals surface area contributed by atoms with Crippen LogP contribution in [0.4, 0.5) is 4.79 Å². The summed E-state index contributed by atoms with van der Waals surface area (Å²) in [6.45, 7) is 6.25. The predicted molar refractivity (Wildman–Crippen MR) is 49.2 cm³/mol. The van der Waals surface area contributed by atoms with Crippen LogP contribution in [0.15, 0.2) is 0 Å². The van der Waals surface area contributed by atoms with Crippen LogP contribution in [-0.2, 0) is 4.79 Å². The van der Waals surface area contributed by atoms with Crippen LogP contribution in [0.5, 0.6) is 0 Å². The Kier molecular flexibility index (Phi) is 2.59. The van der Waals surface area contributed by atoms with Gasteiger partial charge in [-0.1, -0.05) is 13.3 Å². The van der Waals surface area contributed by atoms with E-state index in [4.69, 9.17) is 0 Å². The molecule has 1 N–H and O–H groups in total. The highest BCUT2D eigenvalue weighted by Crippen LogP contribution is 2.20. The zero-order valence-electron chi connectivity index (χ0n) is 8.39. The van der Waals surface area contributed by atoms with Crippen LogP contribution in [0.1, 0.15) is 33.6 Å². The number of hydrogen-bond donors (Lipinski definition) is 1. The number of carbonyl (C=O) groups is 2. The van der Waals surface area contributed by atoms with Crippen molar-refractivity contribution in [3.05, 3.63) is 0 Å². The highest BCUT2D eigenvalue weighted by molar-refractivity contribution is 6.06. The summed E-state index contributed by atoms with van der Waals surface area (Å²) < 4.78 is 0. The van der Waals surface area contributed by atoms with Gasteiger partial charge in [0.15, 0.2) is 0 Å². The van der Waals surface area contributed by atoms with E-state index in [0.29, 0.717) is 6.54 Å². The maximum Gasteiger partial charge on any atom is 0.324 e. The first kappa shape index (κ1) is 10.0. The largest absolute Gasteiger partial charge is 0.324 e. The fourth-order valence-corrected chi connectivity index (χ4v) is 1.39. The van der Waals surface area contributed by atoms with Gasteiger partial charge in [-0.15, -0.1) is 0 Å². The minimum atomic E-state index is -0.674. The molecule has 1 aliphatic rings. The highest BCUT2D eigenvalue weighted by atomic mass is 16.2. The number of rotatable bonds is 3. The number of carbonyl (C=O) groups excluding carboxylic acids is 2. The summed E-state index contributed by atoms with van der Waals surface area (Å²) in [7, 11) is 0. The second-order valence-corrected chi connectivity index (χ2v) is 3.82. The SMILES string of the molecule is CCCCN1C(=O)NC(=O)C1(C)C. The van der Waals surface area contributed by atoms with E-state index in [-0.39, 0.29) is 11.9 Å². The molecular weight excluding hydrogens is 168 g/mol. The lowest BCUT2D eigenvalue weighted by molar-refractivity contribution is -0.125. The molecule has 3 amide bonds. The third-order valence-electron chi connectivity index (χ3n) is 2.43. The molecule has 1 heterocycles. The van der Waals surface area contributed by atoms with E-state index in [2.05, 4.69) is 12.2 Å². The summed E-state index contributed by atoms with van der Waals surface area (Å²) in [4.78, 5) is 24.2. The van der Waals surface area contributed by atoms with Crippen molar-refractivity contribution < 1.29 is 9.59 Å². The molecule has 0 atom stereocenters. The average Bonchev–Trinajstić information content (AvgIpc) is 2.21. The Morgan fingerprint density at radius 3 is 2.38 bits per heavy atom. The Morgan fingerprint density at radius 2 is 2.00 bits per heavy atom. The maximum atomic E-state index is 11.3. The Hall–Kier alpha value is -1.06. The van der Waals surface area contributed by atoms with Gasteiger partial charge in [-0.3, -0.25) is 10.1 Å². The van der Waals surface area contributed by atoms with E-state index in [1.807, 2.05) is 0 Å². The number of unbranched alkanes of at least 4 members (excludes halogenated alkanes) is 1. The van der Waals surface area contributed by atoms with Crippen LogP contribution in [0.25, 0.3) is 0 Å². The van der Waals surface area contributed by atoms with E-state index in [0.717, 1.165) is 12.8 Å². The van der Waals surface area contributed by atoms with Crippen molar-refractivity contribution in [2.75, 3.05) is 6.54 Å². The Balaban J connectivity index is 2.71. The molecule has 0 aromatic rings. The molecule has 1 aliphatic heterocycles. The van der Waals surface area contributed by atoms with Crippen LogP contribution in [-0.4, -0.2) is 28.9 Å². The minimum Gasteiger partial charge on any atom is -0.310 e. The second kappa shape index (κ2) is 3.36. The number of hydrogen-bond acceptors (Lipinski definition) is 2. The molecule has 0 spiro atoms. The molecule has 0 radical (unpaired) electrons. The number of urea groups is 1. The van der Waals surface area contributed by atoms with Crippen LogP contribution >= 0.6 is 0 Å². The first-order valence-electron chi connectivity index (χ1n) is 4.63. The molecule has 0 saturated carbocycles. The van der Waals surface area contributed by atoms with Gasteiger partial charge in [0, 0.05) is 6.54 Å². The molecule has 0 aromatic carbocycles. The van der Waals surface area contributed by atoms with Crippen molar-refractivity contribution in [3.63, 3.8) is 0 Å². The summed E-state index contributed by atoms with van der Waals surface area (Å²) in [6.07, 6.45) is 1.96. The van der Waals surface area contributed by atoms with Gasteiger partial charge in [0.1, 0.15) is 5.54 Å². The minimum absolute atomic E-state index is 0.200. The van der Waals surface area contributed by atoms with Gasteiger partial charge in [-0.25, -0.2) is 4.79 Å². The van der Waals surface area contributed by atoms with Crippen molar-refractivity contribution in [1.82, 2.24) is 10.2 Å². The summed E-state index contributed by atoms with van der Waals surface area (Å²) in [6, 6.07) is -0.261. The number of nitrogens with one attached hydrogen (secondary N) is 1. The van der Waals surface area contributed by atoms with Crippen LogP contribution in [0.2, 0.25) is 0 Å². The molecule has 4 heteroatoms. The fraction of sp³-hybridized carbons (Fsp3) is 0.778. The van der Waals surface area contributed by atoms with Crippen molar-refractivity contribution in [3.8, 4) is 0 Å². The van der Waals surface area contributed by atoms with Gasteiger partial charge in [0.2, 0.25) is 0 Å². The van der Waals surface area contributed by atoms with Gasteiger partial charge in [-0.2, -0.15) is 0 Å². The van der Waals surface area contributed by atoms with Gasteiger partial charge >= 0.3 is 6.03 Å². The molecule has 0 aromatic heterocycles. The lowest BCUT2D eigenvalue weighted by atomic mass is 10.0. The van der Waals surface area contributed by atoms with Crippen LogP contribution in [0.3, 0.4) is 0 Å². The summed E-state index contributed by atoms with van der Waals surface area (Å²) in [5.41, 5.74) is -0.674. The topological polar surface area (TPSA) is 49.4 Å². The normalized spacial score (nSPS) is 20.7. The van der Waals surface area contributed by atoms with E-state index in [1.165, 1.54) is 0 Å². The molecular formula is C9H16N2O2. The molecule has 13 heavy (non-hydrogen) atoms. The van der Waals surface area contributed by atoms with Crippen molar-refractivity contribution in [2.45, 2.75) is 39.2 Å². The average molecular weight is 184 g/mol. The van der Waals surface area contributed by atoms with Crippen molar-refractivity contribution in [2.24, 2.45) is 0 Å². The first-order chi connectivity index (χ1) is 6.00. The zero-order chi connectivity index (χ0) is 10.1. The van der Waals surface area contributed by atoms with Crippen molar-refractivity contribution >= 4 is 11.9 Å². The standard InChI is InChI=1S/C9H16N2O2/c1-4-5-6-11-8(13)10-7(12)9(11,2)3/h4-6H2,1-3H3,(H,10,12,13). The molecule has 74 valence electrons. The Morgan fingerprint density at radius 1 is 1.38 bits per heavy atom. The first-order valence-corrected chi connectivity index (χ1v) is 4.63. The lowest BCUT2D eigenvalue weighted by Crippen LogP contribution is -2.44. The molecule has 1 rings (SSSR count). The zero-order valence-corrected chi connectivity index (χ0v) is 8.39. The van der Waals surface area contributed by atoms with E-state index >= 15 is 0 Å². The Labute approximate surface area is 78.3 Å². The molecule has 1 saturated heterocycles. The molecule has 0 aliphatic carbocycles. The van der Waals surface area contributed by atoms with Gasteiger partial charge in [0.05, 0.1) is 0 Å². The van der Waals surface area contributed by atoms with E-state index < -0.39 is 5.54 Å².